The first-order valence-electron chi connectivity index (χ1n) is 18.9. The van der Waals surface area contributed by atoms with E-state index in [0.29, 0.717) is 0 Å². The third-order valence-electron chi connectivity index (χ3n) is 13.3. The molecule has 8 aromatic carbocycles. The number of benzene rings is 8. The minimum atomic E-state index is 0.116. The molecule has 4 aliphatic heterocycles. The molecule has 0 saturated carbocycles. The Labute approximate surface area is 309 Å². The van der Waals surface area contributed by atoms with Crippen molar-refractivity contribution in [3.8, 4) is 28.6 Å². The van der Waals surface area contributed by atoms with E-state index in [-0.39, 0.29) is 13.4 Å². The molecule has 0 spiro atoms. The summed E-state index contributed by atoms with van der Waals surface area (Å²) in [6, 6.07) is 56.8. The van der Waals surface area contributed by atoms with E-state index in [0.717, 1.165) is 11.5 Å². The quantitative estimate of drug-likeness (QED) is 0.158. The second-order valence-corrected chi connectivity index (χ2v) is 15.5. The fraction of sp³-hybridized carbons (Fsp3) is 0. The van der Waals surface area contributed by atoms with E-state index < -0.39 is 0 Å². The maximum Gasteiger partial charge on any atom is 0.256 e. The summed E-state index contributed by atoms with van der Waals surface area (Å²) < 4.78 is 14.3. The molecule has 3 aromatic heterocycles. The molecule has 0 amide bonds. The number of nitrogens with zero attached hydrogens (tertiary/aromatic N) is 3. The maximum atomic E-state index is 6.61. The Morgan fingerprint density at radius 2 is 0.796 bits per heavy atom. The van der Waals surface area contributed by atoms with Gasteiger partial charge in [-0.25, -0.2) is 0 Å². The van der Waals surface area contributed by atoms with Gasteiger partial charge in [0.15, 0.2) is 0 Å². The molecule has 0 unspecified atom stereocenters. The Balaban J connectivity index is 1.10. The minimum Gasteiger partial charge on any atom is -0.458 e. The van der Waals surface area contributed by atoms with Crippen LogP contribution in [0.2, 0.25) is 0 Å². The van der Waals surface area contributed by atoms with Gasteiger partial charge in [-0.1, -0.05) is 103 Å². The fourth-order valence-corrected chi connectivity index (χ4v) is 11.4. The van der Waals surface area contributed by atoms with Crippen LogP contribution in [0.1, 0.15) is 0 Å². The third-order valence-corrected chi connectivity index (χ3v) is 13.3. The predicted octanol–water partition coefficient (Wildman–Crippen LogP) is 7.06. The summed E-state index contributed by atoms with van der Waals surface area (Å²) in [6.07, 6.45) is 0. The van der Waals surface area contributed by atoms with Gasteiger partial charge in [0, 0.05) is 65.9 Å². The Bertz CT molecular complexity index is 3620. The van der Waals surface area contributed by atoms with Crippen LogP contribution in [0.5, 0.6) is 11.5 Å². The van der Waals surface area contributed by atoms with Crippen molar-refractivity contribution in [2.75, 3.05) is 0 Å². The van der Waals surface area contributed by atoms with Crippen molar-refractivity contribution in [3.05, 3.63) is 152 Å². The summed E-state index contributed by atoms with van der Waals surface area (Å²) in [4.78, 5) is 0. The van der Waals surface area contributed by atoms with Gasteiger partial charge in [0.25, 0.3) is 13.4 Å². The van der Waals surface area contributed by atoms with Gasteiger partial charge >= 0.3 is 0 Å². The lowest BCUT2D eigenvalue weighted by Gasteiger charge is -2.33. The third kappa shape index (κ3) is 2.79. The average Bonchev–Trinajstić information content (AvgIpc) is 3.86. The molecule has 6 heteroatoms. The van der Waals surface area contributed by atoms with Gasteiger partial charge in [0.1, 0.15) is 11.5 Å². The summed E-state index contributed by atoms with van der Waals surface area (Å²) in [5.41, 5.74) is 19.4. The molecule has 0 bridgehead atoms. The zero-order valence-electron chi connectivity index (χ0n) is 28.8. The van der Waals surface area contributed by atoms with E-state index in [2.05, 4.69) is 165 Å². The maximum absolute atomic E-state index is 6.61. The second-order valence-electron chi connectivity index (χ2n) is 15.5. The van der Waals surface area contributed by atoms with Gasteiger partial charge in [-0.15, -0.1) is 0 Å². The van der Waals surface area contributed by atoms with Crippen molar-refractivity contribution in [3.63, 3.8) is 0 Å². The largest absolute Gasteiger partial charge is 0.458 e. The van der Waals surface area contributed by atoms with Crippen LogP contribution in [0.25, 0.3) is 82.5 Å². The number of aromatic nitrogens is 3. The van der Waals surface area contributed by atoms with Crippen molar-refractivity contribution in [1.82, 2.24) is 13.7 Å². The molecule has 7 heterocycles. The minimum absolute atomic E-state index is 0.116. The van der Waals surface area contributed by atoms with Crippen LogP contribution in [-0.4, -0.2) is 27.1 Å². The Hall–Kier alpha value is -6.91. The summed E-state index contributed by atoms with van der Waals surface area (Å²) in [5, 5.41) is 7.83. The summed E-state index contributed by atoms with van der Waals surface area (Å²) in [5.74, 6) is 1.90. The Kier molecular flexibility index (Phi) is 4.38. The van der Waals surface area contributed by atoms with Gasteiger partial charge in [0.2, 0.25) is 0 Å². The summed E-state index contributed by atoms with van der Waals surface area (Å²) >= 11 is 0. The van der Waals surface area contributed by atoms with Crippen LogP contribution < -0.4 is 37.5 Å². The SMILES string of the molecule is c1ccc2c(c1)Oc1cccc3c1B2c1cccc2c4cc5c6cccc7c6n(c5cc4n-3c12)-c1cccc2c1B7c1cccc3c4ccccc4n-2c13. The molecule has 0 fully saturated rings. The van der Waals surface area contributed by atoms with Crippen molar-refractivity contribution < 1.29 is 4.74 Å². The van der Waals surface area contributed by atoms with E-state index in [1.807, 2.05) is 0 Å². The summed E-state index contributed by atoms with van der Waals surface area (Å²) in [6.45, 7) is 0.260. The average molecular weight is 681 g/mol. The highest BCUT2D eigenvalue weighted by Crippen LogP contribution is 2.43. The number of para-hydroxylation sites is 5. The van der Waals surface area contributed by atoms with Crippen LogP contribution in [0.4, 0.5) is 0 Å². The van der Waals surface area contributed by atoms with Crippen LogP contribution in [0.15, 0.2) is 152 Å². The smallest absolute Gasteiger partial charge is 0.256 e. The molecule has 0 N–H and O–H groups in total. The molecular weight excluding hydrogens is 656 g/mol. The Morgan fingerprint density at radius 1 is 0.333 bits per heavy atom. The van der Waals surface area contributed by atoms with E-state index in [1.165, 1.54) is 115 Å². The van der Waals surface area contributed by atoms with Gasteiger partial charge < -0.3 is 18.4 Å². The second kappa shape index (κ2) is 8.82. The lowest BCUT2D eigenvalue weighted by molar-refractivity contribution is 0.487. The lowest BCUT2D eigenvalue weighted by atomic mass is 9.34. The topological polar surface area (TPSA) is 24.0 Å². The van der Waals surface area contributed by atoms with E-state index in [9.17, 15) is 0 Å². The number of hydrogen-bond acceptors (Lipinski definition) is 1. The molecule has 244 valence electrons. The first-order valence-corrected chi connectivity index (χ1v) is 18.9. The molecule has 4 nitrogen and oxygen atoms in total. The highest BCUT2D eigenvalue weighted by atomic mass is 16.5. The molecule has 0 saturated heterocycles. The highest BCUT2D eigenvalue weighted by Gasteiger charge is 2.42. The van der Waals surface area contributed by atoms with Crippen molar-refractivity contribution in [1.29, 1.82) is 0 Å². The van der Waals surface area contributed by atoms with Crippen LogP contribution in [0, 0.1) is 0 Å². The number of hydrogen-bond donors (Lipinski definition) is 0. The van der Waals surface area contributed by atoms with E-state index in [4.69, 9.17) is 4.74 Å². The number of rotatable bonds is 0. The van der Waals surface area contributed by atoms with Gasteiger partial charge in [-0.3, -0.25) is 0 Å². The standard InChI is InChI=1S/C48H25B2N3O/c1-3-18-36-26(10-1)27-11-5-16-34-46(27)51(36)37-19-8-20-38-44(37)50(34)35-17-7-13-29-30-24-31-28-12-6-15-33-47(28)53(41(31)25-40(30)52(38)48(29)35)39-21-9-23-43-45(39)49(33)32-14-2-4-22-42(32)54-43/h1-25H. The van der Waals surface area contributed by atoms with Crippen molar-refractivity contribution in [2.24, 2.45) is 0 Å². The van der Waals surface area contributed by atoms with Crippen LogP contribution in [-0.2, 0) is 0 Å². The molecule has 0 atom stereocenters. The van der Waals surface area contributed by atoms with Gasteiger partial charge in [-0.05, 0) is 81.3 Å². The van der Waals surface area contributed by atoms with Crippen LogP contribution in [0.3, 0.4) is 0 Å². The number of ether oxygens (including phenoxy) is 1. The first-order chi connectivity index (χ1) is 26.8. The van der Waals surface area contributed by atoms with Crippen LogP contribution >= 0.6 is 0 Å². The molecule has 0 radical (unpaired) electrons. The zero-order valence-corrected chi connectivity index (χ0v) is 28.8. The van der Waals surface area contributed by atoms with Crippen molar-refractivity contribution in [2.45, 2.75) is 0 Å². The van der Waals surface area contributed by atoms with E-state index in [1.54, 1.807) is 0 Å². The molecular formula is C48H25B2N3O. The fourth-order valence-electron chi connectivity index (χ4n) is 11.4. The number of fused-ring (bicyclic) bond motifs is 17. The van der Waals surface area contributed by atoms with E-state index >= 15 is 0 Å². The first kappa shape index (κ1) is 26.8. The monoisotopic (exact) mass is 681 g/mol. The Morgan fingerprint density at radius 3 is 1.48 bits per heavy atom. The van der Waals surface area contributed by atoms with Crippen molar-refractivity contribution >= 4 is 112 Å². The molecule has 11 aromatic rings. The molecule has 0 aliphatic carbocycles. The molecule has 15 rings (SSSR count). The van der Waals surface area contributed by atoms with Gasteiger partial charge in [-0.2, -0.15) is 0 Å². The highest BCUT2D eigenvalue weighted by molar-refractivity contribution is 7.00. The van der Waals surface area contributed by atoms with Gasteiger partial charge in [0.05, 0.1) is 16.6 Å². The molecule has 4 aliphatic rings. The lowest BCUT2D eigenvalue weighted by Crippen LogP contribution is -2.59. The summed E-state index contributed by atoms with van der Waals surface area (Å²) in [7, 11) is 0. The zero-order chi connectivity index (χ0) is 34.6. The normalized spacial score (nSPS) is 14.0. The predicted molar refractivity (Wildman–Crippen MR) is 225 cm³/mol. The molecule has 54 heavy (non-hydrogen) atoms.